The Bertz CT molecular complexity index is 974. The summed E-state index contributed by atoms with van der Waals surface area (Å²) in [5, 5.41) is 4.68. The van der Waals surface area contributed by atoms with Gasteiger partial charge < -0.3 is 0 Å². The Hall–Kier alpha value is -2.55. The summed E-state index contributed by atoms with van der Waals surface area (Å²) < 4.78 is 2.05. The summed E-state index contributed by atoms with van der Waals surface area (Å²) in [6, 6.07) is 12.5. The van der Waals surface area contributed by atoms with E-state index >= 15 is 0 Å². The van der Waals surface area contributed by atoms with Gasteiger partial charge in [0.05, 0.1) is 18.0 Å². The summed E-state index contributed by atoms with van der Waals surface area (Å²) in [5.74, 6) is 0. The Morgan fingerprint density at radius 3 is 2.70 bits per heavy atom. The van der Waals surface area contributed by atoms with Crippen molar-refractivity contribution >= 4 is 32.6 Å². The number of benzene rings is 2. The van der Waals surface area contributed by atoms with Gasteiger partial charge in [-0.15, -0.1) is 0 Å². The van der Waals surface area contributed by atoms with Crippen molar-refractivity contribution in [2.45, 2.75) is 6.92 Å². The molecule has 3 heteroatoms. The van der Waals surface area contributed by atoms with Gasteiger partial charge in [0.1, 0.15) is 5.69 Å². The zero-order valence-corrected chi connectivity index (χ0v) is 11.5. The molecular weight excluding hydrogens is 246 g/mol. The standard InChI is InChI=1S/C17H14N3/c1-11-13-8-7-12-9-18-15-6-4-3-5-14(15)16(12)17(13)19-10-20(11)2/h3-10H,1-2H3/q+1. The van der Waals surface area contributed by atoms with E-state index in [4.69, 9.17) is 0 Å². The topological polar surface area (TPSA) is 29.7 Å². The first kappa shape index (κ1) is 11.3. The van der Waals surface area contributed by atoms with Crippen LogP contribution in [0.5, 0.6) is 0 Å². The second-order valence-corrected chi connectivity index (χ2v) is 5.14. The van der Waals surface area contributed by atoms with Crippen LogP contribution in [0.3, 0.4) is 0 Å². The molecule has 0 unspecified atom stereocenters. The molecule has 0 atom stereocenters. The molecule has 0 aliphatic carbocycles. The van der Waals surface area contributed by atoms with Crippen LogP contribution in [-0.2, 0) is 7.05 Å². The normalized spacial score (nSPS) is 11.5. The third kappa shape index (κ3) is 1.43. The summed E-state index contributed by atoms with van der Waals surface area (Å²) in [7, 11) is 2.02. The first-order valence-electron chi connectivity index (χ1n) is 6.67. The Labute approximate surface area is 116 Å². The van der Waals surface area contributed by atoms with E-state index in [1.807, 2.05) is 31.7 Å². The summed E-state index contributed by atoms with van der Waals surface area (Å²) in [6.45, 7) is 2.12. The number of aryl methyl sites for hydroxylation is 2. The number of hydrogen-bond donors (Lipinski definition) is 0. The summed E-state index contributed by atoms with van der Waals surface area (Å²) in [4.78, 5) is 9.18. The molecule has 2 aromatic carbocycles. The third-order valence-electron chi connectivity index (χ3n) is 4.01. The Kier molecular flexibility index (Phi) is 2.24. The third-order valence-corrected chi connectivity index (χ3v) is 4.01. The van der Waals surface area contributed by atoms with Gasteiger partial charge in [-0.1, -0.05) is 24.3 Å². The molecule has 0 aliphatic rings. The first-order valence-corrected chi connectivity index (χ1v) is 6.67. The van der Waals surface area contributed by atoms with Crippen LogP contribution in [0.15, 0.2) is 48.9 Å². The van der Waals surface area contributed by atoms with Gasteiger partial charge in [0, 0.05) is 22.4 Å². The molecule has 0 amide bonds. The zero-order chi connectivity index (χ0) is 13.7. The lowest BCUT2D eigenvalue weighted by atomic mass is 10.0. The smallest absolute Gasteiger partial charge is 0.256 e. The number of hydrogen-bond acceptors (Lipinski definition) is 2. The van der Waals surface area contributed by atoms with Gasteiger partial charge in [0.2, 0.25) is 0 Å². The quantitative estimate of drug-likeness (QED) is 0.359. The van der Waals surface area contributed by atoms with E-state index in [1.165, 1.54) is 16.5 Å². The molecule has 2 aromatic heterocycles. The molecular formula is C17H14N3+. The molecule has 3 nitrogen and oxygen atoms in total. The lowest BCUT2D eigenvalue weighted by Crippen LogP contribution is -2.32. The maximum Gasteiger partial charge on any atom is 0.286 e. The highest BCUT2D eigenvalue weighted by Gasteiger charge is 2.14. The van der Waals surface area contributed by atoms with Crippen molar-refractivity contribution in [3.63, 3.8) is 0 Å². The van der Waals surface area contributed by atoms with Gasteiger partial charge in [-0.2, -0.15) is 0 Å². The van der Waals surface area contributed by atoms with Gasteiger partial charge in [-0.3, -0.25) is 4.98 Å². The van der Waals surface area contributed by atoms with Gasteiger partial charge in [0.15, 0.2) is 5.52 Å². The Balaban J connectivity index is 2.34. The molecule has 0 N–H and O–H groups in total. The Morgan fingerprint density at radius 2 is 1.80 bits per heavy atom. The average molecular weight is 260 g/mol. The minimum absolute atomic E-state index is 1.01. The molecule has 0 saturated carbocycles. The number of nitrogens with zero attached hydrogens (tertiary/aromatic N) is 3. The van der Waals surface area contributed by atoms with Crippen molar-refractivity contribution in [1.82, 2.24) is 9.97 Å². The predicted octanol–water partition coefficient (Wildman–Crippen LogP) is 3.07. The maximum absolute atomic E-state index is 4.66. The summed E-state index contributed by atoms with van der Waals surface area (Å²) >= 11 is 0. The molecule has 20 heavy (non-hydrogen) atoms. The number of aromatic nitrogens is 3. The van der Waals surface area contributed by atoms with E-state index in [9.17, 15) is 0 Å². The van der Waals surface area contributed by atoms with Crippen molar-refractivity contribution in [3.05, 3.63) is 54.6 Å². The van der Waals surface area contributed by atoms with Crippen LogP contribution in [0.25, 0.3) is 32.6 Å². The van der Waals surface area contributed by atoms with Crippen molar-refractivity contribution in [3.8, 4) is 0 Å². The predicted molar refractivity (Wildman–Crippen MR) is 80.5 cm³/mol. The molecule has 0 spiro atoms. The minimum Gasteiger partial charge on any atom is -0.256 e. The number of fused-ring (bicyclic) bond motifs is 5. The SMILES string of the molecule is Cc1c2ccc3cnc4ccccc4c3c2nc[n+]1C. The largest absolute Gasteiger partial charge is 0.286 e. The molecule has 4 rings (SSSR count). The van der Waals surface area contributed by atoms with E-state index in [2.05, 4.69) is 45.7 Å². The van der Waals surface area contributed by atoms with Crippen LogP contribution in [0.2, 0.25) is 0 Å². The van der Waals surface area contributed by atoms with Crippen LogP contribution >= 0.6 is 0 Å². The fraction of sp³-hybridized carbons (Fsp3) is 0.118. The molecule has 0 radical (unpaired) electrons. The number of pyridine rings is 1. The minimum atomic E-state index is 1.01. The van der Waals surface area contributed by atoms with Crippen LogP contribution in [0, 0.1) is 6.92 Å². The van der Waals surface area contributed by atoms with E-state index in [0.717, 1.165) is 21.8 Å². The van der Waals surface area contributed by atoms with E-state index < -0.39 is 0 Å². The van der Waals surface area contributed by atoms with Crippen LogP contribution in [0.1, 0.15) is 5.69 Å². The first-order chi connectivity index (χ1) is 9.75. The second-order valence-electron chi connectivity index (χ2n) is 5.14. The van der Waals surface area contributed by atoms with Crippen LogP contribution < -0.4 is 4.57 Å². The fourth-order valence-corrected chi connectivity index (χ4v) is 2.78. The van der Waals surface area contributed by atoms with E-state index in [0.29, 0.717) is 0 Å². The maximum atomic E-state index is 4.66. The van der Waals surface area contributed by atoms with E-state index in [-0.39, 0.29) is 0 Å². The van der Waals surface area contributed by atoms with Crippen molar-refractivity contribution in [2.75, 3.05) is 0 Å². The Morgan fingerprint density at radius 1 is 0.950 bits per heavy atom. The highest BCUT2D eigenvalue weighted by molar-refractivity contribution is 6.17. The monoisotopic (exact) mass is 260 g/mol. The van der Waals surface area contributed by atoms with Crippen molar-refractivity contribution < 1.29 is 4.57 Å². The molecule has 0 saturated heterocycles. The van der Waals surface area contributed by atoms with Crippen molar-refractivity contribution in [2.24, 2.45) is 7.05 Å². The second kappa shape index (κ2) is 3.97. The fourth-order valence-electron chi connectivity index (χ4n) is 2.78. The summed E-state index contributed by atoms with van der Waals surface area (Å²) in [6.07, 6.45) is 3.81. The molecule has 4 aromatic rings. The van der Waals surface area contributed by atoms with Gasteiger partial charge in [-0.25, -0.2) is 4.57 Å². The molecule has 2 heterocycles. The van der Waals surface area contributed by atoms with Gasteiger partial charge in [0.25, 0.3) is 6.33 Å². The summed E-state index contributed by atoms with van der Waals surface area (Å²) in [5.41, 5.74) is 3.29. The number of rotatable bonds is 0. The highest BCUT2D eigenvalue weighted by Crippen LogP contribution is 2.29. The van der Waals surface area contributed by atoms with Gasteiger partial charge >= 0.3 is 0 Å². The zero-order valence-electron chi connectivity index (χ0n) is 11.5. The number of para-hydroxylation sites is 1. The highest BCUT2D eigenvalue weighted by atomic mass is 15.0. The van der Waals surface area contributed by atoms with Crippen molar-refractivity contribution in [1.29, 1.82) is 0 Å². The lowest BCUT2D eigenvalue weighted by molar-refractivity contribution is -0.679. The van der Waals surface area contributed by atoms with Crippen LogP contribution in [-0.4, -0.2) is 9.97 Å². The van der Waals surface area contributed by atoms with Gasteiger partial charge in [-0.05, 0) is 24.0 Å². The molecule has 0 bridgehead atoms. The average Bonchev–Trinajstić information content (AvgIpc) is 2.50. The van der Waals surface area contributed by atoms with E-state index in [1.54, 1.807) is 0 Å². The van der Waals surface area contributed by atoms with Crippen LogP contribution in [0.4, 0.5) is 0 Å². The lowest BCUT2D eigenvalue weighted by Gasteiger charge is -2.05. The molecule has 96 valence electrons. The molecule has 0 fully saturated rings. The molecule has 0 aliphatic heterocycles.